The van der Waals surface area contributed by atoms with Crippen molar-refractivity contribution in [2.24, 2.45) is 5.92 Å². The molecule has 0 saturated heterocycles. The number of nitrogens with one attached hydrogen (secondary N) is 5. The van der Waals surface area contributed by atoms with Gasteiger partial charge in [-0.15, -0.1) is 0 Å². The SMILES string of the molecule is CC1(C)C(=CC=C2CCCC(C=CC3=[N+](CC(=O)NCCOCCOCCO)c4ccccc4C3(C)C)=C2Oc2ccc(C[C@H](CC(=O)[C@H](Cc3ccccc3)NC(=O)CCCCC(=O)CC[C@H](NC(=O)NCCCC(=O)O)C(=O)O)C(=O)O)cc2)N(CC(=O)NCCOCCOCCO)c2ccc(S(=O)(=O)O)cc21. The number of para-hydroxylation sites is 1. The largest absolute Gasteiger partial charge is 0.481 e. The van der Waals surface area contributed by atoms with Gasteiger partial charge in [-0.1, -0.05) is 80.6 Å². The zero-order valence-corrected chi connectivity index (χ0v) is 63.6. The summed E-state index contributed by atoms with van der Waals surface area (Å²) in [6.07, 6.45) is 8.94. The quantitative estimate of drug-likeness (QED) is 0.0124. The van der Waals surface area contributed by atoms with E-state index in [9.17, 15) is 66.3 Å². The standard InChI is InChI=1S/C80H103N7O22S/c1-79(2)62-19-9-10-20-66(62)86(52-72(93)81-36-40-105-44-46-107-42-38-88)69(79)33-25-56-16-12-17-57(26-34-70-80(3,4)63-51-61(110(102,103)104)30-32-67(63)87(70)53-73(94)82-37-41-106-45-47-108-43-39-89)75(56)109-60-28-23-55(24-29-60)48-58(76(97)98)50-68(91)65(49-54-14-6-5-7-15-54)84-71(92)21-11-8-18-59(90)27-31-64(77(99)100)85-78(101)83-35-13-22-74(95)96/h5-7,9-10,14-15,19-20,23-26,28-30,32-34,51,58,64-65,88-89H,8,11-13,16-18,21-22,27,31,35-50,52-53H2,1-4H3,(H8-,81,82,83,84,85,92,93,94,95,96,97,98,99,100,101,102,103,104)/p+1/t58-,64+,65+/m1/s1. The summed E-state index contributed by atoms with van der Waals surface area (Å²) in [6.45, 7) is 9.78. The molecule has 0 saturated carbocycles. The Bertz CT molecular complexity index is 4130. The number of aliphatic carboxylic acids is 3. The lowest BCUT2D eigenvalue weighted by Crippen LogP contribution is -2.46. The van der Waals surface area contributed by atoms with E-state index >= 15 is 0 Å². The van der Waals surface area contributed by atoms with Gasteiger partial charge >= 0.3 is 23.9 Å². The molecule has 11 N–H and O–H groups in total. The molecule has 3 atom stereocenters. The average molecular weight is 1550 g/mol. The van der Waals surface area contributed by atoms with E-state index in [4.69, 9.17) is 39.0 Å². The van der Waals surface area contributed by atoms with Crippen LogP contribution in [0.15, 0.2) is 149 Å². The Morgan fingerprint density at radius 3 is 1.88 bits per heavy atom. The summed E-state index contributed by atoms with van der Waals surface area (Å²) in [5, 5.41) is 60.5. The number of nitrogens with zero attached hydrogens (tertiary/aromatic N) is 2. The van der Waals surface area contributed by atoms with Crippen LogP contribution in [0.3, 0.4) is 0 Å². The summed E-state index contributed by atoms with van der Waals surface area (Å²) in [7, 11) is -4.65. The Morgan fingerprint density at radius 1 is 0.600 bits per heavy atom. The Kier molecular flexibility index (Phi) is 34.6. The fourth-order valence-electron chi connectivity index (χ4n) is 13.2. The number of fused-ring (bicyclic) bond motifs is 2. The third-order valence-corrected chi connectivity index (χ3v) is 19.8. The fourth-order valence-corrected chi connectivity index (χ4v) is 13.7. The second-order valence-electron chi connectivity index (χ2n) is 27.9. The first-order chi connectivity index (χ1) is 52.6. The molecule has 110 heavy (non-hydrogen) atoms. The summed E-state index contributed by atoms with van der Waals surface area (Å²) >= 11 is 0. The van der Waals surface area contributed by atoms with Crippen LogP contribution in [0.5, 0.6) is 5.75 Å². The molecule has 2 heterocycles. The zero-order chi connectivity index (χ0) is 79.8. The highest BCUT2D eigenvalue weighted by atomic mass is 32.2. The van der Waals surface area contributed by atoms with Crippen LogP contribution >= 0.6 is 0 Å². The van der Waals surface area contributed by atoms with E-state index < -0.39 is 81.0 Å². The lowest BCUT2D eigenvalue weighted by molar-refractivity contribution is -0.425. The van der Waals surface area contributed by atoms with Gasteiger partial charge in [0.25, 0.3) is 16.0 Å². The molecule has 1 aliphatic carbocycles. The van der Waals surface area contributed by atoms with Gasteiger partial charge in [-0.05, 0) is 142 Å². The van der Waals surface area contributed by atoms with Gasteiger partial charge in [0, 0.05) is 86.2 Å². The molecule has 29 nitrogen and oxygen atoms in total. The molecule has 4 aromatic carbocycles. The molecular weight excluding hydrogens is 1440 g/mol. The first kappa shape index (κ1) is 87.4. The van der Waals surface area contributed by atoms with E-state index in [0.717, 1.165) is 28.1 Å². The molecule has 4 aromatic rings. The second kappa shape index (κ2) is 43.6. The van der Waals surface area contributed by atoms with E-state index in [1.54, 1.807) is 65.6 Å². The number of Topliss-reactive ketones (excluding diaryl/α,β-unsaturated/α-hetero) is 2. The predicted octanol–water partition coefficient (Wildman–Crippen LogP) is 6.73. The number of hydrogen-bond donors (Lipinski definition) is 11. The van der Waals surface area contributed by atoms with Gasteiger partial charge < -0.3 is 80.7 Å². The molecule has 0 unspecified atom stereocenters. The number of ketones is 2. The number of rotatable bonds is 49. The minimum atomic E-state index is -4.65. The van der Waals surface area contributed by atoms with E-state index in [0.29, 0.717) is 72.1 Å². The second-order valence-corrected chi connectivity index (χ2v) is 29.3. The maximum atomic E-state index is 14.3. The van der Waals surface area contributed by atoms with Gasteiger partial charge in [0.1, 0.15) is 29.9 Å². The van der Waals surface area contributed by atoms with Crippen molar-refractivity contribution in [2.75, 3.05) is 104 Å². The molecule has 0 radical (unpaired) electrons. The molecule has 0 fully saturated rings. The maximum absolute atomic E-state index is 14.3. The number of carboxylic acid groups (broad SMARTS) is 3. The Labute approximate surface area is 640 Å². The summed E-state index contributed by atoms with van der Waals surface area (Å²) in [5.41, 5.74) is 5.58. The minimum Gasteiger partial charge on any atom is -0.481 e. The van der Waals surface area contributed by atoms with Crippen LogP contribution in [0, 0.1) is 5.92 Å². The van der Waals surface area contributed by atoms with Crippen molar-refractivity contribution in [1.29, 1.82) is 0 Å². The number of amides is 5. The third kappa shape index (κ3) is 27.1. The molecule has 0 bridgehead atoms. The molecular formula is C80H104N7O22S+. The van der Waals surface area contributed by atoms with Gasteiger partial charge in [0.05, 0.1) is 88.3 Å². The van der Waals surface area contributed by atoms with Crippen LogP contribution in [0.1, 0.15) is 127 Å². The topological polar surface area (TPSA) is 422 Å². The third-order valence-electron chi connectivity index (χ3n) is 19.0. The highest BCUT2D eigenvalue weighted by Crippen LogP contribution is 2.49. The van der Waals surface area contributed by atoms with Crippen molar-refractivity contribution >= 4 is 80.4 Å². The molecule has 0 aromatic heterocycles. The number of carbonyl (C=O) groups is 9. The monoisotopic (exact) mass is 1550 g/mol. The molecule has 30 heteroatoms. The Balaban J connectivity index is 1.14. The van der Waals surface area contributed by atoms with Gasteiger partial charge in [0.15, 0.2) is 11.5 Å². The molecule has 2 aliphatic heterocycles. The van der Waals surface area contributed by atoms with E-state index in [-0.39, 0.29) is 172 Å². The minimum absolute atomic E-state index is 0.00216. The number of aliphatic hydroxyl groups is 2. The van der Waals surface area contributed by atoms with Crippen LogP contribution in [0.4, 0.5) is 16.2 Å². The number of carboxylic acids is 3. The molecule has 5 amide bonds. The number of benzene rings is 4. The van der Waals surface area contributed by atoms with Crippen molar-refractivity contribution in [2.45, 2.75) is 145 Å². The summed E-state index contributed by atoms with van der Waals surface area (Å²) in [4.78, 5) is 118. The van der Waals surface area contributed by atoms with Gasteiger partial charge in [0.2, 0.25) is 24.0 Å². The first-order valence-corrected chi connectivity index (χ1v) is 38.4. The molecule has 596 valence electrons. The van der Waals surface area contributed by atoms with Crippen LogP contribution in [0.25, 0.3) is 0 Å². The molecule has 3 aliphatic rings. The van der Waals surface area contributed by atoms with Crippen molar-refractivity contribution < 1.29 is 110 Å². The molecule has 0 spiro atoms. The van der Waals surface area contributed by atoms with Crippen molar-refractivity contribution in [3.63, 3.8) is 0 Å². The number of carbonyl (C=O) groups excluding carboxylic acids is 6. The first-order valence-electron chi connectivity index (χ1n) is 37.0. The van der Waals surface area contributed by atoms with E-state index in [1.165, 1.54) is 12.1 Å². The van der Waals surface area contributed by atoms with Gasteiger partial charge in [-0.3, -0.25) is 38.1 Å². The van der Waals surface area contributed by atoms with Crippen LogP contribution in [0.2, 0.25) is 0 Å². The van der Waals surface area contributed by atoms with E-state index in [1.807, 2.05) is 67.0 Å². The highest BCUT2D eigenvalue weighted by molar-refractivity contribution is 7.85. The number of hydrogen-bond acceptors (Lipinski definition) is 19. The maximum Gasteiger partial charge on any atom is 0.326 e. The number of unbranched alkanes of at least 4 members (excludes halogenated alkanes) is 1. The number of anilines is 1. The smallest absolute Gasteiger partial charge is 0.326 e. The Morgan fingerprint density at radius 2 is 1.24 bits per heavy atom. The van der Waals surface area contributed by atoms with Crippen LogP contribution < -0.4 is 36.2 Å². The normalized spacial score (nSPS) is 15.9. The summed E-state index contributed by atoms with van der Waals surface area (Å²) < 4.78 is 66.2. The number of ether oxygens (including phenoxy) is 5. The lowest BCUT2D eigenvalue weighted by Gasteiger charge is -2.27. The highest BCUT2D eigenvalue weighted by Gasteiger charge is 2.46. The number of urea groups is 1. The lowest BCUT2D eigenvalue weighted by atomic mass is 9.81. The van der Waals surface area contributed by atoms with Crippen LogP contribution in [-0.4, -0.2) is 213 Å². The fraction of sp³-hybridized carbons (Fsp3) is 0.475. The molecule has 7 rings (SSSR count). The Hall–Kier alpha value is -9.79. The average Bonchev–Trinajstić information content (AvgIpc) is 1.60. The number of allylic oxidation sites excluding steroid dienone is 7. The van der Waals surface area contributed by atoms with Crippen LogP contribution in [-0.2, 0) is 91.1 Å². The summed E-state index contributed by atoms with van der Waals surface area (Å²) in [6, 6.07) is 24.5. The zero-order valence-electron chi connectivity index (χ0n) is 62.8. The number of aliphatic hydroxyl groups excluding tert-OH is 2. The van der Waals surface area contributed by atoms with E-state index in [2.05, 4.69) is 40.4 Å². The van der Waals surface area contributed by atoms with Crippen molar-refractivity contribution in [1.82, 2.24) is 26.6 Å². The van der Waals surface area contributed by atoms with Crippen molar-refractivity contribution in [3.8, 4) is 5.75 Å². The van der Waals surface area contributed by atoms with Gasteiger partial charge in [-0.25, -0.2) is 9.59 Å². The van der Waals surface area contributed by atoms with Gasteiger partial charge in [-0.2, -0.15) is 13.0 Å². The van der Waals surface area contributed by atoms with Crippen molar-refractivity contribution in [3.05, 3.63) is 166 Å². The summed E-state index contributed by atoms with van der Waals surface area (Å²) in [5.74, 6) is -5.98. The predicted molar refractivity (Wildman–Crippen MR) is 407 cm³/mol.